The van der Waals surface area contributed by atoms with E-state index in [9.17, 15) is 13.2 Å². The van der Waals surface area contributed by atoms with E-state index < -0.39 is 10.0 Å². The van der Waals surface area contributed by atoms with Crippen LogP contribution in [0, 0.1) is 5.92 Å². The second-order valence-electron chi connectivity index (χ2n) is 7.27. The minimum absolute atomic E-state index is 0.0576. The number of benzene rings is 2. The average molecular weight is 461 g/mol. The van der Waals surface area contributed by atoms with Gasteiger partial charge in [0.1, 0.15) is 6.33 Å². The molecule has 0 aliphatic carbocycles. The number of piperidine rings is 1. The van der Waals surface area contributed by atoms with Crippen LogP contribution in [0.2, 0.25) is 5.02 Å². The fourth-order valence-corrected chi connectivity index (χ4v) is 5.09. The number of hydrogen-bond acceptors (Lipinski definition) is 6. The van der Waals surface area contributed by atoms with E-state index in [1.807, 2.05) is 12.1 Å². The summed E-state index contributed by atoms with van der Waals surface area (Å²) in [7, 11) is -3.63. The number of hydrogen-bond donors (Lipinski definition) is 1. The summed E-state index contributed by atoms with van der Waals surface area (Å²) in [5.41, 5.74) is 1.63. The summed E-state index contributed by atoms with van der Waals surface area (Å²) in [6.45, 7) is 1.02. The Morgan fingerprint density at radius 2 is 1.74 bits per heavy atom. The maximum atomic E-state index is 13.0. The van der Waals surface area contributed by atoms with Gasteiger partial charge in [-0.1, -0.05) is 23.7 Å². The van der Waals surface area contributed by atoms with Crippen LogP contribution >= 0.6 is 11.6 Å². The van der Waals surface area contributed by atoms with Gasteiger partial charge in [0.25, 0.3) is 0 Å². The number of sulfonamides is 1. The van der Waals surface area contributed by atoms with E-state index in [-0.39, 0.29) is 16.7 Å². The number of aromatic nitrogens is 4. The fraction of sp³-hybridized carbons (Fsp3) is 0.300. The van der Waals surface area contributed by atoms with Crippen molar-refractivity contribution in [3.05, 3.63) is 65.4 Å². The van der Waals surface area contributed by atoms with E-state index in [1.165, 1.54) is 27.4 Å². The lowest BCUT2D eigenvalue weighted by Crippen LogP contribution is -2.42. The molecule has 1 amide bonds. The molecule has 0 spiro atoms. The highest BCUT2D eigenvalue weighted by Crippen LogP contribution is 2.24. The van der Waals surface area contributed by atoms with Gasteiger partial charge >= 0.3 is 0 Å². The van der Waals surface area contributed by atoms with Gasteiger partial charge in [0.05, 0.1) is 10.6 Å². The number of tetrazole rings is 1. The lowest BCUT2D eigenvalue weighted by atomic mass is 9.97. The normalized spacial score (nSPS) is 15.6. The number of nitrogens with one attached hydrogen (secondary N) is 1. The van der Waals surface area contributed by atoms with Gasteiger partial charge in [-0.3, -0.25) is 4.79 Å². The monoisotopic (exact) mass is 460 g/mol. The first kappa shape index (κ1) is 21.4. The van der Waals surface area contributed by atoms with Gasteiger partial charge in [-0.2, -0.15) is 4.31 Å². The molecule has 11 heteroatoms. The zero-order valence-electron chi connectivity index (χ0n) is 16.6. The molecule has 0 radical (unpaired) electrons. The van der Waals surface area contributed by atoms with E-state index in [0.717, 1.165) is 5.56 Å². The molecule has 1 aromatic heterocycles. The Morgan fingerprint density at radius 3 is 2.35 bits per heavy atom. The molecule has 1 saturated heterocycles. The molecule has 31 heavy (non-hydrogen) atoms. The summed E-state index contributed by atoms with van der Waals surface area (Å²) in [6, 6.07) is 13.7. The smallest absolute Gasteiger partial charge is 0.243 e. The molecule has 0 bridgehead atoms. The zero-order chi connectivity index (χ0) is 21.8. The highest BCUT2D eigenvalue weighted by Gasteiger charge is 2.32. The lowest BCUT2D eigenvalue weighted by Gasteiger charge is -2.30. The first-order chi connectivity index (χ1) is 14.9. The van der Waals surface area contributed by atoms with Gasteiger partial charge in [-0.15, -0.1) is 5.10 Å². The summed E-state index contributed by atoms with van der Waals surface area (Å²) >= 11 is 5.87. The van der Waals surface area contributed by atoms with Crippen molar-refractivity contribution in [2.45, 2.75) is 24.3 Å². The number of rotatable bonds is 6. The van der Waals surface area contributed by atoms with Gasteiger partial charge in [0, 0.05) is 30.6 Å². The average Bonchev–Trinajstić information content (AvgIpc) is 3.34. The van der Waals surface area contributed by atoms with Crippen molar-refractivity contribution >= 4 is 27.5 Å². The van der Waals surface area contributed by atoms with Crippen LogP contribution in [0.1, 0.15) is 18.4 Å². The Bertz CT molecular complexity index is 1130. The predicted octanol–water partition coefficient (Wildman–Crippen LogP) is 2.03. The Balaban J connectivity index is 1.33. The van der Waals surface area contributed by atoms with Gasteiger partial charge < -0.3 is 5.32 Å². The molecular weight excluding hydrogens is 440 g/mol. The molecule has 0 unspecified atom stereocenters. The first-order valence-corrected chi connectivity index (χ1v) is 11.6. The van der Waals surface area contributed by atoms with Gasteiger partial charge in [-0.25, -0.2) is 13.1 Å². The van der Waals surface area contributed by atoms with Crippen LogP contribution in [0.5, 0.6) is 0 Å². The summed E-state index contributed by atoms with van der Waals surface area (Å²) in [5, 5.41) is 14.5. The van der Waals surface area contributed by atoms with Crippen LogP contribution in [0.4, 0.5) is 0 Å². The highest BCUT2D eigenvalue weighted by atomic mass is 35.5. The first-order valence-electron chi connectivity index (χ1n) is 9.79. The molecule has 2 heterocycles. The summed E-state index contributed by atoms with van der Waals surface area (Å²) < 4.78 is 28.8. The number of halogens is 1. The van der Waals surface area contributed by atoms with E-state index in [4.69, 9.17) is 11.6 Å². The predicted molar refractivity (Wildman–Crippen MR) is 114 cm³/mol. The van der Waals surface area contributed by atoms with Crippen LogP contribution in [-0.2, 0) is 21.4 Å². The molecule has 162 valence electrons. The van der Waals surface area contributed by atoms with Crippen LogP contribution in [-0.4, -0.2) is 51.9 Å². The molecule has 0 atom stereocenters. The van der Waals surface area contributed by atoms with E-state index in [0.29, 0.717) is 43.2 Å². The third-order valence-electron chi connectivity index (χ3n) is 5.29. The Labute approximate surface area is 185 Å². The van der Waals surface area contributed by atoms with Crippen molar-refractivity contribution in [1.82, 2.24) is 29.8 Å². The van der Waals surface area contributed by atoms with Gasteiger partial charge in [-0.05, 0) is 65.2 Å². The molecule has 1 N–H and O–H groups in total. The SMILES string of the molecule is O=C(NCc1ccc(Cl)cc1)C1CCN(S(=O)(=O)c2ccc(-n3cnnn3)cc2)CC1. The van der Waals surface area contributed by atoms with Crippen LogP contribution < -0.4 is 5.32 Å². The lowest BCUT2D eigenvalue weighted by molar-refractivity contribution is -0.126. The second-order valence-corrected chi connectivity index (χ2v) is 9.65. The van der Waals surface area contributed by atoms with Crippen LogP contribution in [0.3, 0.4) is 0 Å². The van der Waals surface area contributed by atoms with Gasteiger partial charge in [0.15, 0.2) is 0 Å². The van der Waals surface area contributed by atoms with Crippen molar-refractivity contribution in [2.24, 2.45) is 5.92 Å². The van der Waals surface area contributed by atoms with E-state index in [1.54, 1.807) is 24.3 Å². The molecule has 0 saturated carbocycles. The fourth-order valence-electron chi connectivity index (χ4n) is 3.49. The molecule has 1 aliphatic rings. The standard InChI is InChI=1S/C20H21ClN6O3S/c21-17-3-1-15(2-4-17)13-22-20(28)16-9-11-26(12-10-16)31(29,30)19-7-5-18(6-8-19)27-14-23-24-25-27/h1-8,14,16H,9-13H2,(H,22,28). The third kappa shape index (κ3) is 4.92. The number of nitrogens with zero attached hydrogens (tertiary/aromatic N) is 5. The molecule has 9 nitrogen and oxygen atoms in total. The third-order valence-corrected chi connectivity index (χ3v) is 7.46. The van der Waals surface area contributed by atoms with E-state index >= 15 is 0 Å². The van der Waals surface area contributed by atoms with Crippen LogP contribution in [0.25, 0.3) is 5.69 Å². The molecular formula is C20H21ClN6O3S. The highest BCUT2D eigenvalue weighted by molar-refractivity contribution is 7.89. The Hall–Kier alpha value is -2.82. The topological polar surface area (TPSA) is 110 Å². The van der Waals surface area contributed by atoms with Crippen LogP contribution in [0.15, 0.2) is 59.8 Å². The molecule has 4 rings (SSSR count). The van der Waals surface area contributed by atoms with Crippen molar-refractivity contribution in [3.63, 3.8) is 0 Å². The number of carbonyl (C=O) groups is 1. The Kier molecular flexibility index (Phi) is 6.30. The maximum absolute atomic E-state index is 13.0. The van der Waals surface area contributed by atoms with Gasteiger partial charge in [0.2, 0.25) is 15.9 Å². The Morgan fingerprint density at radius 1 is 1.06 bits per heavy atom. The quantitative estimate of drug-likeness (QED) is 0.602. The molecule has 1 aliphatic heterocycles. The maximum Gasteiger partial charge on any atom is 0.243 e. The minimum Gasteiger partial charge on any atom is -0.352 e. The molecule has 3 aromatic rings. The second kappa shape index (κ2) is 9.13. The largest absolute Gasteiger partial charge is 0.352 e. The molecule has 2 aromatic carbocycles. The molecule has 1 fully saturated rings. The van der Waals surface area contributed by atoms with Crippen molar-refractivity contribution < 1.29 is 13.2 Å². The van der Waals surface area contributed by atoms with E-state index in [2.05, 4.69) is 20.8 Å². The summed E-state index contributed by atoms with van der Waals surface area (Å²) in [4.78, 5) is 12.7. The van der Waals surface area contributed by atoms with Crippen molar-refractivity contribution in [2.75, 3.05) is 13.1 Å². The van der Waals surface area contributed by atoms with Crippen molar-refractivity contribution in [3.8, 4) is 5.69 Å². The minimum atomic E-state index is -3.63. The zero-order valence-corrected chi connectivity index (χ0v) is 18.1. The summed E-state index contributed by atoms with van der Waals surface area (Å²) in [5.74, 6) is -0.265. The summed E-state index contributed by atoms with van der Waals surface area (Å²) in [6.07, 6.45) is 2.40. The van der Waals surface area contributed by atoms with Crippen molar-refractivity contribution in [1.29, 1.82) is 0 Å². The number of carbonyl (C=O) groups excluding carboxylic acids is 1. The number of amides is 1.